The molecule has 4 nitrogen and oxygen atoms in total. The van der Waals surface area contributed by atoms with E-state index in [4.69, 9.17) is 20.6 Å². The zero-order valence-corrected chi connectivity index (χ0v) is 6.60. The molecule has 0 radical (unpaired) electrons. The molecule has 0 unspecified atom stereocenters. The van der Waals surface area contributed by atoms with Crippen molar-refractivity contribution in [3.63, 3.8) is 0 Å². The summed E-state index contributed by atoms with van der Waals surface area (Å²) >= 11 is 0. The molecule has 1 aromatic carbocycles. The van der Waals surface area contributed by atoms with Crippen molar-refractivity contribution < 1.29 is 10.0 Å². The van der Waals surface area contributed by atoms with Crippen molar-refractivity contribution in [3.05, 3.63) is 29.3 Å². The van der Waals surface area contributed by atoms with E-state index in [9.17, 15) is 0 Å². The highest BCUT2D eigenvalue weighted by atomic mass is 16.4. The van der Waals surface area contributed by atoms with Crippen LogP contribution in [0.3, 0.4) is 0 Å². The first-order valence-corrected chi connectivity index (χ1v) is 3.49. The van der Waals surface area contributed by atoms with Crippen molar-refractivity contribution in [1.29, 1.82) is 10.5 Å². The van der Waals surface area contributed by atoms with Gasteiger partial charge in [0, 0.05) is 5.46 Å². The molecule has 0 fully saturated rings. The van der Waals surface area contributed by atoms with Crippen molar-refractivity contribution in [2.45, 2.75) is 0 Å². The molecule has 5 heteroatoms. The van der Waals surface area contributed by atoms with Gasteiger partial charge >= 0.3 is 7.12 Å². The Hall–Kier alpha value is -1.82. The van der Waals surface area contributed by atoms with Crippen LogP contribution in [0, 0.1) is 22.7 Å². The van der Waals surface area contributed by atoms with Crippen LogP contribution in [0.25, 0.3) is 0 Å². The number of hydrogen-bond donors (Lipinski definition) is 2. The molecular weight excluding hydrogens is 167 g/mol. The van der Waals surface area contributed by atoms with E-state index < -0.39 is 7.12 Å². The number of hydrogen-bond acceptors (Lipinski definition) is 4. The number of nitriles is 2. The second-order valence-corrected chi connectivity index (χ2v) is 2.40. The van der Waals surface area contributed by atoms with Crippen molar-refractivity contribution in [2.24, 2.45) is 0 Å². The summed E-state index contributed by atoms with van der Waals surface area (Å²) in [5.74, 6) is 0. The van der Waals surface area contributed by atoms with E-state index in [1.807, 2.05) is 6.07 Å². The van der Waals surface area contributed by atoms with E-state index in [1.165, 1.54) is 18.2 Å². The number of nitrogens with zero attached hydrogens (tertiary/aromatic N) is 2. The van der Waals surface area contributed by atoms with Crippen molar-refractivity contribution >= 4 is 12.6 Å². The van der Waals surface area contributed by atoms with E-state index in [2.05, 4.69) is 0 Å². The van der Waals surface area contributed by atoms with Gasteiger partial charge in [-0.15, -0.1) is 0 Å². The number of rotatable bonds is 1. The highest BCUT2D eigenvalue weighted by molar-refractivity contribution is 6.59. The molecular formula is C8H5BN2O2. The molecule has 0 amide bonds. The Balaban J connectivity index is 3.30. The highest BCUT2D eigenvalue weighted by Crippen LogP contribution is 2.00. The molecule has 0 aliphatic heterocycles. The molecule has 0 saturated carbocycles. The Bertz CT molecular complexity index is 404. The highest BCUT2D eigenvalue weighted by Gasteiger charge is 2.16. The average Bonchev–Trinajstić information content (AvgIpc) is 2.16. The second kappa shape index (κ2) is 3.73. The number of benzene rings is 1. The molecule has 1 rings (SSSR count). The van der Waals surface area contributed by atoms with Gasteiger partial charge in [0.2, 0.25) is 0 Å². The molecule has 0 spiro atoms. The van der Waals surface area contributed by atoms with Crippen LogP contribution in [0.4, 0.5) is 0 Å². The predicted octanol–water partition coefficient (Wildman–Crippen LogP) is -0.890. The monoisotopic (exact) mass is 172 g/mol. The second-order valence-electron chi connectivity index (χ2n) is 2.40. The van der Waals surface area contributed by atoms with Gasteiger partial charge in [0.15, 0.2) is 0 Å². The summed E-state index contributed by atoms with van der Waals surface area (Å²) in [7, 11) is -1.72. The molecule has 2 N–H and O–H groups in total. The van der Waals surface area contributed by atoms with Crippen LogP contribution in [-0.4, -0.2) is 17.2 Å². The van der Waals surface area contributed by atoms with Crippen molar-refractivity contribution in [3.8, 4) is 12.1 Å². The predicted molar refractivity (Wildman–Crippen MR) is 45.7 cm³/mol. The largest absolute Gasteiger partial charge is 0.489 e. The van der Waals surface area contributed by atoms with Crippen LogP contribution in [0.5, 0.6) is 0 Å². The molecule has 0 aromatic heterocycles. The van der Waals surface area contributed by atoms with Gasteiger partial charge in [0.1, 0.15) is 0 Å². The SMILES string of the molecule is N#Cc1ccc(C#N)c(B(O)O)c1. The van der Waals surface area contributed by atoms with E-state index in [0.29, 0.717) is 5.56 Å². The van der Waals surface area contributed by atoms with Gasteiger partial charge in [-0.1, -0.05) is 0 Å². The minimum atomic E-state index is -1.72. The Morgan fingerprint density at radius 1 is 1.15 bits per heavy atom. The molecule has 1 aromatic rings. The quantitative estimate of drug-likeness (QED) is 0.537. The summed E-state index contributed by atoms with van der Waals surface area (Å²) in [5.41, 5.74) is 0.512. The summed E-state index contributed by atoms with van der Waals surface area (Å²) in [6.45, 7) is 0. The lowest BCUT2D eigenvalue weighted by Crippen LogP contribution is -2.32. The fraction of sp³-hybridized carbons (Fsp3) is 0. The first-order valence-electron chi connectivity index (χ1n) is 3.49. The summed E-state index contributed by atoms with van der Waals surface area (Å²) in [6.07, 6.45) is 0. The molecule has 13 heavy (non-hydrogen) atoms. The van der Waals surface area contributed by atoms with Crippen molar-refractivity contribution in [1.82, 2.24) is 0 Å². The van der Waals surface area contributed by atoms with Gasteiger partial charge in [0.25, 0.3) is 0 Å². The van der Waals surface area contributed by atoms with Gasteiger partial charge in [-0.2, -0.15) is 10.5 Å². The lowest BCUT2D eigenvalue weighted by Gasteiger charge is -2.01. The van der Waals surface area contributed by atoms with E-state index in [0.717, 1.165) is 0 Å². The Morgan fingerprint density at radius 3 is 2.31 bits per heavy atom. The van der Waals surface area contributed by atoms with Gasteiger partial charge in [-0.3, -0.25) is 0 Å². The van der Waals surface area contributed by atoms with Crippen LogP contribution >= 0.6 is 0 Å². The third kappa shape index (κ3) is 1.85. The van der Waals surface area contributed by atoms with Crippen LogP contribution in [-0.2, 0) is 0 Å². The van der Waals surface area contributed by atoms with E-state index in [1.54, 1.807) is 6.07 Å². The van der Waals surface area contributed by atoms with Crippen LogP contribution in [0.15, 0.2) is 18.2 Å². The molecule has 62 valence electrons. The minimum Gasteiger partial charge on any atom is -0.423 e. The van der Waals surface area contributed by atoms with Gasteiger partial charge in [-0.25, -0.2) is 0 Å². The molecule has 0 saturated heterocycles. The smallest absolute Gasteiger partial charge is 0.423 e. The fourth-order valence-corrected chi connectivity index (χ4v) is 0.948. The maximum Gasteiger partial charge on any atom is 0.489 e. The normalized spacial score (nSPS) is 8.62. The lowest BCUT2D eigenvalue weighted by atomic mass is 9.76. The Kier molecular flexibility index (Phi) is 2.66. The molecule has 0 bridgehead atoms. The standard InChI is InChI=1S/C8H5BN2O2/c10-4-6-1-2-7(5-11)8(3-6)9(12)13/h1-3,12-13H. The third-order valence-corrected chi connectivity index (χ3v) is 1.58. The summed E-state index contributed by atoms with van der Waals surface area (Å²) < 4.78 is 0. The van der Waals surface area contributed by atoms with E-state index in [-0.39, 0.29) is 11.0 Å². The first kappa shape index (κ1) is 9.27. The maximum atomic E-state index is 8.85. The summed E-state index contributed by atoms with van der Waals surface area (Å²) in [5, 5.41) is 34.8. The molecule has 0 atom stereocenters. The van der Waals surface area contributed by atoms with Gasteiger partial charge < -0.3 is 10.0 Å². The topological polar surface area (TPSA) is 88.0 Å². The molecule has 0 heterocycles. The minimum absolute atomic E-state index is 0.0570. The van der Waals surface area contributed by atoms with Crippen molar-refractivity contribution in [2.75, 3.05) is 0 Å². The Labute approximate surface area is 75.4 Å². The maximum absolute atomic E-state index is 8.85. The lowest BCUT2D eigenvalue weighted by molar-refractivity contribution is 0.425. The summed E-state index contributed by atoms with van der Waals surface area (Å²) in [6, 6.07) is 7.75. The zero-order chi connectivity index (χ0) is 9.84. The first-order chi connectivity index (χ1) is 6.19. The average molecular weight is 172 g/mol. The fourth-order valence-electron chi connectivity index (χ4n) is 0.948. The van der Waals surface area contributed by atoms with Gasteiger partial charge in [0.05, 0.1) is 23.3 Å². The molecule has 0 aliphatic rings. The third-order valence-electron chi connectivity index (χ3n) is 1.58. The van der Waals surface area contributed by atoms with Crippen LogP contribution in [0.1, 0.15) is 11.1 Å². The zero-order valence-electron chi connectivity index (χ0n) is 6.60. The molecule has 0 aliphatic carbocycles. The van der Waals surface area contributed by atoms with Crippen LogP contribution in [0.2, 0.25) is 0 Å². The van der Waals surface area contributed by atoms with Crippen LogP contribution < -0.4 is 5.46 Å². The Morgan fingerprint density at radius 2 is 1.85 bits per heavy atom. The summed E-state index contributed by atoms with van der Waals surface area (Å²) in [4.78, 5) is 0. The van der Waals surface area contributed by atoms with Gasteiger partial charge in [-0.05, 0) is 18.2 Å². The van der Waals surface area contributed by atoms with E-state index >= 15 is 0 Å².